The number of aromatic amines is 1. The van der Waals surface area contributed by atoms with Crippen molar-refractivity contribution in [2.75, 3.05) is 19.8 Å². The Kier molecular flexibility index (Phi) is 7.58. The van der Waals surface area contributed by atoms with Crippen LogP contribution >= 0.6 is 22.9 Å². The molecule has 0 radical (unpaired) electrons. The molecule has 1 atom stereocenters. The van der Waals surface area contributed by atoms with Crippen molar-refractivity contribution < 1.29 is 27.1 Å². The Balaban J connectivity index is 1.48. The Morgan fingerprint density at radius 1 is 1.26 bits per heavy atom. The lowest BCUT2D eigenvalue weighted by Gasteiger charge is -2.30. The Hall–Kier alpha value is -3.18. The van der Waals surface area contributed by atoms with E-state index in [2.05, 4.69) is 19.7 Å². The lowest BCUT2D eigenvalue weighted by atomic mass is 9.91. The number of alkyl halides is 3. The number of thiazole rings is 1. The summed E-state index contributed by atoms with van der Waals surface area (Å²) in [7, 11) is 0. The molecule has 6 nitrogen and oxygen atoms in total. The summed E-state index contributed by atoms with van der Waals surface area (Å²) in [6.45, 7) is -1.27. The van der Waals surface area contributed by atoms with E-state index >= 15 is 0 Å². The second-order valence-electron chi connectivity index (χ2n) is 9.07. The van der Waals surface area contributed by atoms with Crippen LogP contribution in [0.15, 0.2) is 36.8 Å². The number of pyridine rings is 1. The molecule has 1 amide bonds. The molecule has 1 N–H and O–H groups in total. The van der Waals surface area contributed by atoms with Crippen LogP contribution in [0.5, 0.6) is 5.75 Å². The fourth-order valence-corrected chi connectivity index (χ4v) is 6.24. The zero-order valence-electron chi connectivity index (χ0n) is 20.2. The molecule has 1 saturated heterocycles. The summed E-state index contributed by atoms with van der Waals surface area (Å²) in [5.74, 6) is -2.12. The van der Waals surface area contributed by atoms with E-state index < -0.39 is 35.8 Å². The van der Waals surface area contributed by atoms with Crippen molar-refractivity contribution in [2.24, 2.45) is 0 Å². The lowest BCUT2D eigenvalue weighted by Crippen LogP contribution is -2.36. The highest BCUT2D eigenvalue weighted by Crippen LogP contribution is 2.42. The van der Waals surface area contributed by atoms with E-state index in [4.69, 9.17) is 11.6 Å². The summed E-state index contributed by atoms with van der Waals surface area (Å²) in [4.78, 5) is 26.3. The summed E-state index contributed by atoms with van der Waals surface area (Å²) in [6.07, 6.45) is 6.61. The zero-order chi connectivity index (χ0) is 27.0. The molecule has 0 bridgehead atoms. The minimum Gasteiger partial charge on any atom is -0.434 e. The molecule has 3 aromatic heterocycles. The van der Waals surface area contributed by atoms with E-state index in [0.717, 1.165) is 40.4 Å². The number of carbonyl (C=O) groups is 1. The number of halogens is 5. The third-order valence-corrected chi connectivity index (χ3v) is 8.44. The Morgan fingerprint density at radius 2 is 2.03 bits per heavy atom. The Bertz CT molecular complexity index is 1470. The van der Waals surface area contributed by atoms with Crippen molar-refractivity contribution in [3.8, 4) is 16.2 Å². The number of nitrogens with zero attached hydrogens (tertiary/aromatic N) is 3. The highest BCUT2D eigenvalue weighted by Gasteiger charge is 2.28. The van der Waals surface area contributed by atoms with E-state index in [1.807, 2.05) is 11.0 Å². The van der Waals surface area contributed by atoms with Gasteiger partial charge in [0.15, 0.2) is 0 Å². The van der Waals surface area contributed by atoms with E-state index in [-0.39, 0.29) is 17.4 Å². The van der Waals surface area contributed by atoms with Crippen LogP contribution in [0.3, 0.4) is 0 Å². The van der Waals surface area contributed by atoms with Gasteiger partial charge in [-0.3, -0.25) is 9.18 Å². The summed E-state index contributed by atoms with van der Waals surface area (Å²) >= 11 is 7.66. The molecule has 4 heterocycles. The number of hydrogen-bond acceptors (Lipinski definition) is 5. The molecular weight excluding hydrogens is 544 g/mol. The molecule has 4 aromatic rings. The topological polar surface area (TPSA) is 71.1 Å². The fourth-order valence-electron chi connectivity index (χ4n) is 4.89. The molecule has 0 spiro atoms. The Labute approximate surface area is 224 Å². The van der Waals surface area contributed by atoms with Gasteiger partial charge in [-0.15, -0.1) is 11.3 Å². The van der Waals surface area contributed by atoms with Gasteiger partial charge in [0, 0.05) is 67.0 Å². The standard InChI is InChI=1S/C26H23ClF4N4O2S/c1-13(36)35-6-4-14(5-7-35)25-34-12-21(38-25)15-8-16-18(11-33-24(16)32-10-15)17(9-28)22-20(37-26(30)31)3-2-19(29)23(22)27/h2-3,8,10-12,14,17,26H,4-7,9H2,1H3,(H,32,33)/t17-/m0/s1. The van der Waals surface area contributed by atoms with Crippen molar-refractivity contribution in [1.29, 1.82) is 0 Å². The fraction of sp³-hybridized carbons (Fsp3) is 0.346. The number of benzene rings is 1. The highest BCUT2D eigenvalue weighted by atomic mass is 35.5. The van der Waals surface area contributed by atoms with Gasteiger partial charge in [-0.25, -0.2) is 14.4 Å². The Morgan fingerprint density at radius 3 is 2.71 bits per heavy atom. The number of H-pyrrole nitrogens is 1. The summed E-state index contributed by atoms with van der Waals surface area (Å²) in [5.41, 5.74) is 1.38. The number of amides is 1. The number of likely N-dealkylation sites (tertiary alicyclic amines) is 1. The van der Waals surface area contributed by atoms with E-state index in [1.165, 1.54) is 17.5 Å². The SMILES string of the molecule is CC(=O)N1CCC(c2ncc(-c3cnc4[nH]cc([C@H](CF)c5c(OC(F)F)ccc(F)c5Cl)c4c3)s2)CC1. The van der Waals surface area contributed by atoms with Crippen molar-refractivity contribution in [1.82, 2.24) is 19.9 Å². The van der Waals surface area contributed by atoms with Gasteiger partial charge in [0.2, 0.25) is 5.91 Å². The van der Waals surface area contributed by atoms with Gasteiger partial charge in [-0.05, 0) is 36.6 Å². The van der Waals surface area contributed by atoms with Gasteiger partial charge in [0.25, 0.3) is 0 Å². The summed E-state index contributed by atoms with van der Waals surface area (Å²) in [5, 5.41) is 1.03. The van der Waals surface area contributed by atoms with Gasteiger partial charge in [0.05, 0.1) is 14.9 Å². The molecule has 200 valence electrons. The first-order valence-corrected chi connectivity index (χ1v) is 13.1. The van der Waals surface area contributed by atoms with Crippen LogP contribution < -0.4 is 4.74 Å². The van der Waals surface area contributed by atoms with Gasteiger partial charge >= 0.3 is 6.61 Å². The third-order valence-electron chi connectivity index (χ3n) is 6.85. The number of ether oxygens (including phenoxy) is 1. The number of hydrogen-bond donors (Lipinski definition) is 1. The normalized spacial score (nSPS) is 15.4. The number of aromatic nitrogens is 3. The maximum atomic E-state index is 14.5. The van der Waals surface area contributed by atoms with Crippen LogP contribution in [0.4, 0.5) is 17.6 Å². The molecule has 0 unspecified atom stereocenters. The van der Waals surface area contributed by atoms with E-state index in [1.54, 1.807) is 19.3 Å². The van der Waals surface area contributed by atoms with Gasteiger partial charge in [-0.1, -0.05) is 11.6 Å². The minimum absolute atomic E-state index is 0.0731. The van der Waals surface area contributed by atoms with Crippen LogP contribution in [0, 0.1) is 5.82 Å². The monoisotopic (exact) mass is 566 g/mol. The van der Waals surface area contributed by atoms with Crippen LogP contribution in [0.1, 0.15) is 47.7 Å². The third kappa shape index (κ3) is 5.09. The van der Waals surface area contributed by atoms with E-state index in [0.29, 0.717) is 29.7 Å². The van der Waals surface area contributed by atoms with Crippen LogP contribution in [-0.2, 0) is 4.79 Å². The molecule has 1 aliphatic rings. The van der Waals surface area contributed by atoms with Crippen LogP contribution in [-0.4, -0.2) is 52.1 Å². The number of carbonyl (C=O) groups excluding carboxylic acids is 1. The largest absolute Gasteiger partial charge is 0.434 e. The summed E-state index contributed by atoms with van der Waals surface area (Å²) in [6, 6.07) is 3.73. The molecule has 1 fully saturated rings. The number of fused-ring (bicyclic) bond motifs is 1. The number of nitrogens with one attached hydrogen (secondary N) is 1. The zero-order valence-corrected chi connectivity index (χ0v) is 21.8. The van der Waals surface area contributed by atoms with Gasteiger partial charge in [0.1, 0.15) is 23.9 Å². The molecule has 0 saturated carbocycles. The summed E-state index contributed by atoms with van der Waals surface area (Å²) < 4.78 is 59.4. The predicted molar refractivity (Wildman–Crippen MR) is 137 cm³/mol. The van der Waals surface area contributed by atoms with Crippen molar-refractivity contribution >= 4 is 39.9 Å². The molecule has 5 rings (SSSR count). The molecule has 1 aromatic carbocycles. The molecule has 1 aliphatic heterocycles. The second-order valence-corrected chi connectivity index (χ2v) is 10.5. The highest BCUT2D eigenvalue weighted by molar-refractivity contribution is 7.15. The molecule has 38 heavy (non-hydrogen) atoms. The smallest absolute Gasteiger partial charge is 0.387 e. The van der Waals surface area contributed by atoms with Gasteiger partial charge < -0.3 is 14.6 Å². The molecular formula is C26H23ClF4N4O2S. The first kappa shape index (κ1) is 26.4. The van der Waals surface area contributed by atoms with Crippen molar-refractivity contribution in [3.63, 3.8) is 0 Å². The van der Waals surface area contributed by atoms with Crippen LogP contribution in [0.2, 0.25) is 5.02 Å². The lowest BCUT2D eigenvalue weighted by molar-refractivity contribution is -0.129. The molecule has 0 aliphatic carbocycles. The van der Waals surface area contributed by atoms with E-state index in [9.17, 15) is 22.4 Å². The number of piperidine rings is 1. The quantitative estimate of drug-likeness (QED) is 0.247. The number of rotatable bonds is 7. The predicted octanol–water partition coefficient (Wildman–Crippen LogP) is 6.91. The van der Waals surface area contributed by atoms with Crippen molar-refractivity contribution in [3.05, 3.63) is 63.8 Å². The van der Waals surface area contributed by atoms with Gasteiger partial charge in [-0.2, -0.15) is 8.78 Å². The minimum atomic E-state index is -3.19. The average molecular weight is 567 g/mol. The second kappa shape index (κ2) is 10.9. The maximum absolute atomic E-state index is 14.5. The maximum Gasteiger partial charge on any atom is 0.387 e. The molecule has 12 heteroatoms. The average Bonchev–Trinajstić information content (AvgIpc) is 3.56. The van der Waals surface area contributed by atoms with Crippen molar-refractivity contribution in [2.45, 2.75) is 38.2 Å². The first-order chi connectivity index (χ1) is 18.3. The van der Waals surface area contributed by atoms with Crippen LogP contribution in [0.25, 0.3) is 21.5 Å². The first-order valence-electron chi connectivity index (χ1n) is 11.9.